The number of aromatic nitrogens is 1. The van der Waals surface area contributed by atoms with Gasteiger partial charge in [-0.05, 0) is 6.07 Å². The van der Waals surface area contributed by atoms with Gasteiger partial charge in [-0.2, -0.15) is 0 Å². The Kier molecular flexibility index (Phi) is 4.59. The van der Waals surface area contributed by atoms with E-state index in [9.17, 15) is 9.90 Å². The lowest BCUT2D eigenvalue weighted by molar-refractivity contribution is 0.0697. The molecule has 0 bridgehead atoms. The van der Waals surface area contributed by atoms with Gasteiger partial charge >= 0.3 is 5.97 Å². The molecular weight excluding hydrogens is 298 g/mol. The number of aromatic carboxylic acids is 1. The molecule has 122 valence electrons. The van der Waals surface area contributed by atoms with Crippen LogP contribution >= 0.6 is 0 Å². The molecule has 1 aliphatic rings. The summed E-state index contributed by atoms with van der Waals surface area (Å²) in [7, 11) is 0. The summed E-state index contributed by atoms with van der Waals surface area (Å²) in [6.07, 6.45) is 1.37. The highest BCUT2D eigenvalue weighted by molar-refractivity contribution is 6.07. The highest BCUT2D eigenvalue weighted by Gasteiger charge is 2.19. The quantitative estimate of drug-likeness (QED) is 0.762. The molecule has 7 heteroatoms. The number of rotatable bonds is 5. The fourth-order valence-corrected chi connectivity index (χ4v) is 2.80. The van der Waals surface area contributed by atoms with Crippen molar-refractivity contribution < 1.29 is 19.7 Å². The highest BCUT2D eigenvalue weighted by Crippen LogP contribution is 2.32. The van der Waals surface area contributed by atoms with Gasteiger partial charge < -0.3 is 25.2 Å². The average molecular weight is 317 g/mol. The number of anilines is 2. The van der Waals surface area contributed by atoms with E-state index < -0.39 is 5.97 Å². The van der Waals surface area contributed by atoms with Crippen LogP contribution in [-0.4, -0.2) is 60.6 Å². The van der Waals surface area contributed by atoms with Crippen molar-refractivity contribution in [3.05, 3.63) is 30.0 Å². The van der Waals surface area contributed by atoms with Crippen molar-refractivity contribution in [1.82, 2.24) is 4.98 Å². The van der Waals surface area contributed by atoms with Crippen molar-refractivity contribution >= 4 is 28.2 Å². The summed E-state index contributed by atoms with van der Waals surface area (Å²) in [5.74, 6) is -1.04. The van der Waals surface area contributed by atoms with Crippen LogP contribution in [0.3, 0.4) is 0 Å². The predicted molar refractivity (Wildman–Crippen MR) is 87.3 cm³/mol. The topological polar surface area (TPSA) is 94.9 Å². The van der Waals surface area contributed by atoms with Crippen LogP contribution in [0.1, 0.15) is 10.4 Å². The van der Waals surface area contributed by atoms with Crippen LogP contribution in [0.4, 0.5) is 11.4 Å². The molecular formula is C16H19N3O4. The summed E-state index contributed by atoms with van der Waals surface area (Å²) in [4.78, 5) is 18.0. The fraction of sp³-hybridized carbons (Fsp3) is 0.375. The fourth-order valence-electron chi connectivity index (χ4n) is 2.80. The van der Waals surface area contributed by atoms with Gasteiger partial charge in [0.2, 0.25) is 0 Å². The Morgan fingerprint density at radius 3 is 2.83 bits per heavy atom. The van der Waals surface area contributed by atoms with E-state index in [1.54, 1.807) is 0 Å². The largest absolute Gasteiger partial charge is 0.478 e. The maximum Gasteiger partial charge on any atom is 0.339 e. The number of nitrogens with one attached hydrogen (secondary N) is 1. The van der Waals surface area contributed by atoms with E-state index in [4.69, 9.17) is 9.84 Å². The first-order chi connectivity index (χ1) is 11.2. The summed E-state index contributed by atoms with van der Waals surface area (Å²) in [5, 5.41) is 22.2. The molecule has 7 nitrogen and oxygen atoms in total. The van der Waals surface area contributed by atoms with Gasteiger partial charge in [-0.15, -0.1) is 0 Å². The number of aliphatic hydroxyl groups excluding tert-OH is 1. The molecule has 0 amide bonds. The number of benzene rings is 1. The van der Waals surface area contributed by atoms with Crippen LogP contribution in [0.5, 0.6) is 0 Å². The normalized spacial score (nSPS) is 14.9. The maximum absolute atomic E-state index is 11.4. The molecule has 1 aromatic carbocycles. The minimum Gasteiger partial charge on any atom is -0.478 e. The van der Waals surface area contributed by atoms with E-state index >= 15 is 0 Å². The zero-order valence-electron chi connectivity index (χ0n) is 12.7. The van der Waals surface area contributed by atoms with Crippen molar-refractivity contribution in [2.75, 3.05) is 49.7 Å². The van der Waals surface area contributed by atoms with E-state index in [1.807, 2.05) is 18.2 Å². The monoisotopic (exact) mass is 317 g/mol. The third-order valence-corrected chi connectivity index (χ3v) is 3.87. The third-order valence-electron chi connectivity index (χ3n) is 3.87. The van der Waals surface area contributed by atoms with Crippen molar-refractivity contribution in [3.63, 3.8) is 0 Å². The molecule has 3 rings (SSSR count). The Morgan fingerprint density at radius 2 is 2.13 bits per heavy atom. The SMILES string of the molecule is O=C(O)c1cnc2c(N3CCOCC3)cccc2c1NCCO. The first-order valence-corrected chi connectivity index (χ1v) is 7.55. The molecule has 2 aromatic rings. The Morgan fingerprint density at radius 1 is 1.35 bits per heavy atom. The molecule has 0 atom stereocenters. The van der Waals surface area contributed by atoms with E-state index in [2.05, 4.69) is 15.2 Å². The lowest BCUT2D eigenvalue weighted by Crippen LogP contribution is -2.36. The number of morpholine rings is 1. The first-order valence-electron chi connectivity index (χ1n) is 7.55. The number of carbonyl (C=O) groups is 1. The number of pyridine rings is 1. The second-order valence-corrected chi connectivity index (χ2v) is 5.28. The number of carboxylic acid groups (broad SMARTS) is 1. The zero-order valence-corrected chi connectivity index (χ0v) is 12.7. The number of aliphatic hydroxyl groups is 1. The first kappa shape index (κ1) is 15.5. The average Bonchev–Trinajstić information content (AvgIpc) is 2.59. The summed E-state index contributed by atoms with van der Waals surface area (Å²) < 4.78 is 5.38. The zero-order chi connectivity index (χ0) is 16.2. The Hall–Kier alpha value is -2.38. The third kappa shape index (κ3) is 3.06. The van der Waals surface area contributed by atoms with Crippen LogP contribution in [0.25, 0.3) is 10.9 Å². The number of fused-ring (bicyclic) bond motifs is 1. The van der Waals surface area contributed by atoms with Crippen LogP contribution in [0.15, 0.2) is 24.4 Å². The highest BCUT2D eigenvalue weighted by atomic mass is 16.5. The van der Waals surface area contributed by atoms with Crippen molar-refractivity contribution in [3.8, 4) is 0 Å². The number of hydrogen-bond acceptors (Lipinski definition) is 6. The van der Waals surface area contributed by atoms with Gasteiger partial charge in [0, 0.05) is 31.2 Å². The second-order valence-electron chi connectivity index (χ2n) is 5.28. The number of hydrogen-bond donors (Lipinski definition) is 3. The molecule has 1 saturated heterocycles. The maximum atomic E-state index is 11.4. The molecule has 23 heavy (non-hydrogen) atoms. The molecule has 2 heterocycles. The summed E-state index contributed by atoms with van der Waals surface area (Å²) in [6.45, 7) is 3.09. The van der Waals surface area contributed by atoms with Crippen LogP contribution in [-0.2, 0) is 4.74 Å². The smallest absolute Gasteiger partial charge is 0.339 e. The predicted octanol–water partition coefficient (Wildman–Crippen LogP) is 1.17. The van der Waals surface area contributed by atoms with E-state index in [0.717, 1.165) is 29.7 Å². The molecule has 0 unspecified atom stereocenters. The van der Waals surface area contributed by atoms with Gasteiger partial charge in [-0.3, -0.25) is 4.98 Å². The van der Waals surface area contributed by atoms with Gasteiger partial charge in [0.05, 0.1) is 36.7 Å². The minimum atomic E-state index is -1.04. The van der Waals surface area contributed by atoms with Gasteiger partial charge in [0.1, 0.15) is 5.56 Å². The van der Waals surface area contributed by atoms with E-state index in [1.165, 1.54) is 6.20 Å². The lowest BCUT2D eigenvalue weighted by Gasteiger charge is -2.29. The van der Waals surface area contributed by atoms with Crippen molar-refractivity contribution in [2.45, 2.75) is 0 Å². The molecule has 0 spiro atoms. The summed E-state index contributed by atoms with van der Waals surface area (Å²) in [6, 6.07) is 5.72. The molecule has 0 saturated carbocycles. The van der Waals surface area contributed by atoms with Crippen molar-refractivity contribution in [1.29, 1.82) is 0 Å². The minimum absolute atomic E-state index is 0.0774. The van der Waals surface area contributed by atoms with E-state index in [-0.39, 0.29) is 18.7 Å². The van der Waals surface area contributed by atoms with Crippen molar-refractivity contribution in [2.24, 2.45) is 0 Å². The Labute approximate surface area is 133 Å². The molecule has 0 aliphatic carbocycles. The van der Waals surface area contributed by atoms with Gasteiger partial charge in [-0.25, -0.2) is 4.79 Å². The molecule has 1 fully saturated rings. The van der Waals surface area contributed by atoms with E-state index in [0.29, 0.717) is 18.9 Å². The number of para-hydroxylation sites is 1. The van der Waals surface area contributed by atoms with Gasteiger partial charge in [0.15, 0.2) is 0 Å². The molecule has 1 aromatic heterocycles. The number of carboxylic acids is 1. The van der Waals surface area contributed by atoms with Crippen LogP contribution < -0.4 is 10.2 Å². The molecule has 0 radical (unpaired) electrons. The molecule has 1 aliphatic heterocycles. The summed E-state index contributed by atoms with van der Waals surface area (Å²) in [5.41, 5.74) is 2.31. The number of nitrogens with zero attached hydrogens (tertiary/aromatic N) is 2. The van der Waals surface area contributed by atoms with Crippen LogP contribution in [0.2, 0.25) is 0 Å². The second kappa shape index (κ2) is 6.80. The Bertz CT molecular complexity index is 714. The summed E-state index contributed by atoms with van der Waals surface area (Å²) >= 11 is 0. The molecule has 3 N–H and O–H groups in total. The van der Waals surface area contributed by atoms with Gasteiger partial charge in [-0.1, -0.05) is 12.1 Å². The standard InChI is InChI=1S/C16H19N3O4/c20-7-4-17-14-11-2-1-3-13(19-5-8-23-9-6-19)15(11)18-10-12(14)16(21)22/h1-3,10,20H,4-9H2,(H,17,18)(H,21,22). The van der Waals surface area contributed by atoms with Gasteiger partial charge in [0.25, 0.3) is 0 Å². The Balaban J connectivity index is 2.12. The lowest BCUT2D eigenvalue weighted by atomic mass is 10.1. The number of ether oxygens (including phenoxy) is 1. The van der Waals surface area contributed by atoms with Crippen LogP contribution in [0, 0.1) is 0 Å².